The zero-order valence-electron chi connectivity index (χ0n) is 16.6. The fraction of sp³-hybridized carbons (Fsp3) is 0.238. The predicted molar refractivity (Wildman–Crippen MR) is 109 cm³/mol. The minimum atomic E-state index is -4.17. The molecule has 0 saturated heterocycles. The fourth-order valence-corrected chi connectivity index (χ4v) is 4.66. The van der Waals surface area contributed by atoms with Crippen LogP contribution in [0, 0.1) is 6.92 Å². The van der Waals surface area contributed by atoms with Gasteiger partial charge in [-0.3, -0.25) is 9.59 Å². The molecule has 0 aliphatic heterocycles. The Morgan fingerprint density at radius 1 is 1.07 bits per heavy atom. The van der Waals surface area contributed by atoms with Gasteiger partial charge >= 0.3 is 0 Å². The van der Waals surface area contributed by atoms with Crippen molar-refractivity contribution in [3.63, 3.8) is 0 Å². The van der Waals surface area contributed by atoms with Crippen molar-refractivity contribution in [2.75, 3.05) is 10.9 Å². The molecule has 0 aliphatic carbocycles. The van der Waals surface area contributed by atoms with Crippen LogP contribution in [0.15, 0.2) is 51.8 Å². The molecule has 1 amide bonds. The van der Waals surface area contributed by atoms with E-state index >= 15 is 0 Å². The Bertz CT molecular complexity index is 1190. The van der Waals surface area contributed by atoms with E-state index in [0.29, 0.717) is 39.0 Å². The van der Waals surface area contributed by atoms with E-state index in [1.807, 2.05) is 6.92 Å². The number of fused-ring (bicyclic) bond motifs is 1. The Kier molecular flexibility index (Phi) is 5.48. The largest absolute Gasteiger partial charge is 0.494 e. The molecule has 2 aromatic carbocycles. The summed E-state index contributed by atoms with van der Waals surface area (Å²) in [7, 11) is -4.17. The molecule has 7 nitrogen and oxygen atoms in total. The van der Waals surface area contributed by atoms with Crippen LogP contribution in [0.3, 0.4) is 0 Å². The molecular formula is C21H21NO6S. The van der Waals surface area contributed by atoms with Crippen LogP contribution < -0.4 is 9.04 Å². The monoisotopic (exact) mass is 415 g/mol. The summed E-state index contributed by atoms with van der Waals surface area (Å²) in [4.78, 5) is 24.3. The number of carbonyl (C=O) groups excluding carboxylic acids is 2. The molecule has 29 heavy (non-hydrogen) atoms. The third-order valence-electron chi connectivity index (χ3n) is 4.39. The number of nitrogens with zero attached hydrogens (tertiary/aromatic N) is 1. The number of sulfonamides is 1. The molecule has 1 aromatic heterocycles. The van der Waals surface area contributed by atoms with Crippen LogP contribution in [0.5, 0.6) is 5.75 Å². The van der Waals surface area contributed by atoms with E-state index in [4.69, 9.17) is 9.15 Å². The zero-order valence-corrected chi connectivity index (χ0v) is 17.4. The highest BCUT2D eigenvalue weighted by Crippen LogP contribution is 2.32. The molecule has 0 saturated carbocycles. The molecule has 0 atom stereocenters. The van der Waals surface area contributed by atoms with Crippen LogP contribution in [0.25, 0.3) is 11.0 Å². The van der Waals surface area contributed by atoms with Crippen molar-refractivity contribution in [2.45, 2.75) is 32.6 Å². The molecule has 0 N–H and O–H groups in total. The number of ketones is 1. The van der Waals surface area contributed by atoms with E-state index in [-0.39, 0.29) is 16.4 Å². The fourth-order valence-electron chi connectivity index (χ4n) is 3.24. The highest BCUT2D eigenvalue weighted by atomic mass is 32.2. The van der Waals surface area contributed by atoms with Crippen molar-refractivity contribution in [1.82, 2.24) is 0 Å². The van der Waals surface area contributed by atoms with Crippen LogP contribution in [-0.2, 0) is 14.8 Å². The number of anilines is 1. The summed E-state index contributed by atoms with van der Waals surface area (Å²) >= 11 is 0. The molecule has 0 radical (unpaired) electrons. The van der Waals surface area contributed by atoms with Crippen molar-refractivity contribution in [2.24, 2.45) is 0 Å². The van der Waals surface area contributed by atoms with Gasteiger partial charge in [0.25, 0.3) is 10.0 Å². The Labute approximate surface area is 168 Å². The minimum absolute atomic E-state index is 0.0496. The Hall–Kier alpha value is -3.13. The summed E-state index contributed by atoms with van der Waals surface area (Å²) in [5.74, 6) is 0.0839. The average Bonchev–Trinajstić information content (AvgIpc) is 2.97. The van der Waals surface area contributed by atoms with E-state index in [0.717, 1.165) is 0 Å². The average molecular weight is 415 g/mol. The number of furan rings is 1. The minimum Gasteiger partial charge on any atom is -0.494 e. The van der Waals surface area contributed by atoms with Gasteiger partial charge < -0.3 is 9.15 Å². The number of carbonyl (C=O) groups is 2. The van der Waals surface area contributed by atoms with Gasteiger partial charge in [-0.2, -0.15) is 0 Å². The SMILES string of the molecule is CCOc1ccc(S(=O)(=O)N(C(C)=O)c2ccc3oc(C)c(C(C)=O)c3c2)cc1. The van der Waals surface area contributed by atoms with E-state index < -0.39 is 15.9 Å². The summed E-state index contributed by atoms with van der Waals surface area (Å²) in [5, 5.41) is 0.459. The quantitative estimate of drug-likeness (QED) is 0.563. The van der Waals surface area contributed by atoms with Crippen molar-refractivity contribution in [3.05, 3.63) is 53.8 Å². The predicted octanol–water partition coefficient (Wildman–Crippen LogP) is 4.08. The van der Waals surface area contributed by atoms with Gasteiger partial charge in [-0.25, -0.2) is 12.7 Å². The summed E-state index contributed by atoms with van der Waals surface area (Å²) < 4.78 is 38.0. The number of Topliss-reactive ketones (excluding diaryl/α,β-unsaturated/α-hetero) is 1. The van der Waals surface area contributed by atoms with Crippen LogP contribution >= 0.6 is 0 Å². The summed E-state index contributed by atoms with van der Waals surface area (Å²) in [6, 6.07) is 10.3. The summed E-state index contributed by atoms with van der Waals surface area (Å²) in [5.41, 5.74) is 0.935. The van der Waals surface area contributed by atoms with Crippen LogP contribution in [0.1, 0.15) is 36.9 Å². The Balaban J connectivity index is 2.13. The lowest BCUT2D eigenvalue weighted by Gasteiger charge is -2.21. The topological polar surface area (TPSA) is 93.9 Å². The van der Waals surface area contributed by atoms with E-state index in [2.05, 4.69) is 0 Å². The number of ether oxygens (including phenoxy) is 1. The molecule has 0 fully saturated rings. The Morgan fingerprint density at radius 3 is 2.28 bits per heavy atom. The molecule has 3 rings (SSSR count). The van der Waals surface area contributed by atoms with Crippen LogP contribution in [-0.4, -0.2) is 26.7 Å². The zero-order chi connectivity index (χ0) is 21.3. The lowest BCUT2D eigenvalue weighted by molar-refractivity contribution is -0.115. The van der Waals surface area contributed by atoms with E-state index in [9.17, 15) is 18.0 Å². The maximum atomic E-state index is 13.2. The van der Waals surface area contributed by atoms with Crippen molar-refractivity contribution < 1.29 is 27.2 Å². The first kappa shape index (κ1) is 20.6. The van der Waals surface area contributed by atoms with Gasteiger partial charge in [0, 0.05) is 12.3 Å². The second-order valence-electron chi connectivity index (χ2n) is 6.46. The van der Waals surface area contributed by atoms with Gasteiger partial charge in [-0.15, -0.1) is 0 Å². The second-order valence-corrected chi connectivity index (χ2v) is 8.25. The number of amides is 1. The normalized spacial score (nSPS) is 11.4. The van der Waals surface area contributed by atoms with Crippen molar-refractivity contribution >= 4 is 38.4 Å². The molecule has 1 heterocycles. The van der Waals surface area contributed by atoms with Gasteiger partial charge in [0.2, 0.25) is 5.91 Å². The first-order valence-corrected chi connectivity index (χ1v) is 10.4. The number of aryl methyl sites for hydroxylation is 1. The Morgan fingerprint density at radius 2 is 1.72 bits per heavy atom. The second kappa shape index (κ2) is 7.71. The molecule has 8 heteroatoms. The highest BCUT2D eigenvalue weighted by Gasteiger charge is 2.29. The summed E-state index contributed by atoms with van der Waals surface area (Å²) in [6.45, 7) is 6.52. The maximum Gasteiger partial charge on any atom is 0.270 e. The van der Waals surface area contributed by atoms with Crippen molar-refractivity contribution in [3.8, 4) is 5.75 Å². The van der Waals surface area contributed by atoms with Crippen molar-refractivity contribution in [1.29, 1.82) is 0 Å². The third-order valence-corrected chi connectivity index (χ3v) is 6.21. The van der Waals surface area contributed by atoms with Gasteiger partial charge in [0.15, 0.2) is 5.78 Å². The first-order valence-electron chi connectivity index (χ1n) is 8.99. The molecule has 0 bridgehead atoms. The first-order chi connectivity index (χ1) is 13.7. The molecule has 152 valence electrons. The van der Waals surface area contributed by atoms with Crippen LogP contribution in [0.4, 0.5) is 5.69 Å². The highest BCUT2D eigenvalue weighted by molar-refractivity contribution is 7.93. The van der Waals surface area contributed by atoms with Gasteiger partial charge in [0.1, 0.15) is 17.1 Å². The number of hydrogen-bond donors (Lipinski definition) is 0. The van der Waals surface area contributed by atoms with Gasteiger partial charge in [0.05, 0.1) is 22.8 Å². The standard InChI is InChI=1S/C21H21NO6S/c1-5-27-17-7-9-18(10-8-17)29(25,26)22(15(4)24)16-6-11-20-19(12-16)21(13(2)23)14(3)28-20/h6-12H,5H2,1-4H3. The molecule has 3 aromatic rings. The van der Waals surface area contributed by atoms with E-state index in [1.165, 1.54) is 50.2 Å². The smallest absolute Gasteiger partial charge is 0.270 e. The molecular weight excluding hydrogens is 394 g/mol. The van der Waals surface area contributed by atoms with Gasteiger partial charge in [-0.1, -0.05) is 0 Å². The number of benzene rings is 2. The lowest BCUT2D eigenvalue weighted by atomic mass is 10.1. The lowest BCUT2D eigenvalue weighted by Crippen LogP contribution is -2.35. The molecule has 0 unspecified atom stereocenters. The molecule has 0 spiro atoms. The number of rotatable bonds is 6. The number of hydrogen-bond acceptors (Lipinski definition) is 6. The summed E-state index contributed by atoms with van der Waals surface area (Å²) in [6.07, 6.45) is 0. The van der Waals surface area contributed by atoms with Gasteiger partial charge in [-0.05, 0) is 63.2 Å². The maximum absolute atomic E-state index is 13.2. The van der Waals surface area contributed by atoms with Crippen LogP contribution in [0.2, 0.25) is 0 Å². The van der Waals surface area contributed by atoms with E-state index in [1.54, 1.807) is 13.0 Å². The third kappa shape index (κ3) is 3.75. The molecule has 0 aliphatic rings.